The van der Waals surface area contributed by atoms with Gasteiger partial charge in [0.25, 0.3) is 0 Å². The van der Waals surface area contributed by atoms with Crippen molar-refractivity contribution in [2.45, 2.75) is 99.2 Å². The van der Waals surface area contributed by atoms with E-state index in [-0.39, 0.29) is 37.6 Å². The molecule has 0 amide bonds. The monoisotopic (exact) mass is 1010 g/mol. The Hall–Kier alpha value is -6.54. The minimum atomic E-state index is -4.57. The van der Waals surface area contributed by atoms with Crippen LogP contribution in [-0.2, 0) is 51.0 Å². The Morgan fingerprint density at radius 1 is 0.718 bits per heavy atom. The highest BCUT2D eigenvalue weighted by molar-refractivity contribution is 6.76. The number of halogens is 6. The van der Waals surface area contributed by atoms with Crippen LogP contribution >= 0.6 is 0 Å². The number of benzene rings is 2. The van der Waals surface area contributed by atoms with Gasteiger partial charge in [-0.05, 0) is 118 Å². The van der Waals surface area contributed by atoms with Gasteiger partial charge in [-0.1, -0.05) is 33.5 Å². The maximum Gasteiger partial charge on any atom is 0.434 e. The summed E-state index contributed by atoms with van der Waals surface area (Å²) in [6.07, 6.45) is -2.95. The van der Waals surface area contributed by atoms with Crippen molar-refractivity contribution < 1.29 is 60.0 Å². The summed E-state index contributed by atoms with van der Waals surface area (Å²) in [6, 6.07) is 18.8. The van der Waals surface area contributed by atoms with Gasteiger partial charge in [-0.15, -0.1) is 0 Å². The molecule has 13 nitrogen and oxygen atoms in total. The first kappa shape index (κ1) is 55.4. The smallest absolute Gasteiger partial charge is 0.434 e. The maximum absolute atomic E-state index is 13.5. The molecule has 0 saturated heterocycles. The second-order valence-corrected chi connectivity index (χ2v) is 24.9. The number of esters is 1. The minimum Gasteiger partial charge on any atom is -0.492 e. The maximum atomic E-state index is 13.5. The Labute approximate surface area is 410 Å². The van der Waals surface area contributed by atoms with E-state index >= 15 is 0 Å². The number of H-pyrrole nitrogens is 1. The summed E-state index contributed by atoms with van der Waals surface area (Å²) in [5.74, 6) is 0.110. The van der Waals surface area contributed by atoms with Crippen LogP contribution in [0.3, 0.4) is 0 Å². The van der Waals surface area contributed by atoms with Crippen LogP contribution in [0.15, 0.2) is 85.5 Å². The second-order valence-electron chi connectivity index (χ2n) is 19.3. The van der Waals surface area contributed by atoms with Crippen molar-refractivity contribution in [3.05, 3.63) is 108 Å². The molecule has 6 rings (SSSR count). The number of hydrogen-bond acceptors (Lipinski definition) is 10. The van der Waals surface area contributed by atoms with Crippen molar-refractivity contribution in [1.29, 1.82) is 0 Å². The van der Waals surface area contributed by atoms with E-state index in [9.17, 15) is 41.0 Å². The summed E-state index contributed by atoms with van der Waals surface area (Å²) >= 11 is 0. The van der Waals surface area contributed by atoms with E-state index in [2.05, 4.69) is 44.6 Å². The summed E-state index contributed by atoms with van der Waals surface area (Å²) in [5, 5.41) is 9.21. The second kappa shape index (κ2) is 22.7. The van der Waals surface area contributed by atoms with Gasteiger partial charge in [0.2, 0.25) is 0 Å². The summed E-state index contributed by atoms with van der Waals surface area (Å²) in [5.41, 5.74) is 2.17. The topological polar surface area (TPSA) is 164 Å². The van der Waals surface area contributed by atoms with Gasteiger partial charge in [0.05, 0.1) is 35.5 Å². The fourth-order valence-electron chi connectivity index (χ4n) is 6.74. The van der Waals surface area contributed by atoms with Crippen molar-refractivity contribution in [3.8, 4) is 56.8 Å². The highest BCUT2D eigenvalue weighted by Crippen LogP contribution is 2.35. The van der Waals surface area contributed by atoms with Crippen LogP contribution in [0.5, 0.6) is 11.5 Å². The predicted octanol–water partition coefficient (Wildman–Crippen LogP) is 12.3. The molecule has 20 heteroatoms. The number of aryl methyl sites for hydroxylation is 2. The first-order valence-electron chi connectivity index (χ1n) is 22.8. The number of rotatable bonds is 19. The fraction of sp³-hybridized carbons (Fsp3) is 0.412. The molecule has 0 bridgehead atoms. The van der Waals surface area contributed by atoms with Gasteiger partial charge in [0.15, 0.2) is 5.69 Å². The first-order chi connectivity index (χ1) is 33.1. The zero-order valence-electron chi connectivity index (χ0n) is 41.4. The lowest BCUT2D eigenvalue weighted by molar-refractivity contribution is -0.152. The molecule has 2 N–H and O–H groups in total. The van der Waals surface area contributed by atoms with Crippen molar-refractivity contribution in [1.82, 2.24) is 29.5 Å². The van der Waals surface area contributed by atoms with E-state index in [0.717, 1.165) is 40.7 Å². The van der Waals surface area contributed by atoms with E-state index in [1.54, 1.807) is 64.1 Å². The molecule has 2 aromatic carbocycles. The normalized spacial score (nSPS) is 12.3. The standard InChI is InChI=1S/C29H38F3N3O4Si.C22H22F3N3O3/c1-8-20-15-22(39-18-28(2,3)27(36)37-4)10-11-23(20)24-12-9-21(16-33-24)26-34-25(29(30,31)32)17-35(26)19-38-13-14-40(5,6)7;1-4-13-9-15(31-12-21(2,3)20(29)30)6-7-16(13)17-8-5-14(10-26-17)19-27-11-18(28-19)22(23,24)25/h9-12,15-17H,8,13-14,18-19H2,1-7H3;5-11H,4,12H2,1-3H3,(H,27,28)(H,29,30). The lowest BCUT2D eigenvalue weighted by Crippen LogP contribution is -2.32. The van der Waals surface area contributed by atoms with Crippen LogP contribution in [-0.4, -0.2) is 81.5 Å². The van der Waals surface area contributed by atoms with E-state index < -0.39 is 48.6 Å². The van der Waals surface area contributed by atoms with E-state index in [1.165, 1.54) is 24.1 Å². The number of nitrogens with one attached hydrogen (secondary N) is 1. The van der Waals surface area contributed by atoms with Crippen LogP contribution in [0.1, 0.15) is 64.1 Å². The number of ether oxygens (including phenoxy) is 4. The lowest BCUT2D eigenvalue weighted by atomic mass is 9.95. The van der Waals surface area contributed by atoms with E-state index in [0.29, 0.717) is 53.5 Å². The third-order valence-corrected chi connectivity index (χ3v) is 12.9. The fourth-order valence-corrected chi connectivity index (χ4v) is 7.50. The lowest BCUT2D eigenvalue weighted by Gasteiger charge is -2.22. The molecule has 0 aliphatic carbocycles. The Kier molecular flexibility index (Phi) is 17.7. The van der Waals surface area contributed by atoms with Crippen LogP contribution < -0.4 is 9.47 Å². The molecule has 0 unspecified atom stereocenters. The molecule has 382 valence electrons. The molecule has 0 aliphatic rings. The summed E-state index contributed by atoms with van der Waals surface area (Å²) in [6.45, 7) is 17.9. The molecule has 0 spiro atoms. The van der Waals surface area contributed by atoms with Crippen LogP contribution in [0.25, 0.3) is 45.3 Å². The number of nitrogens with zero attached hydrogens (tertiary/aromatic N) is 5. The zero-order valence-corrected chi connectivity index (χ0v) is 42.4. The summed E-state index contributed by atoms with van der Waals surface area (Å²) < 4.78 is 102. The summed E-state index contributed by atoms with van der Waals surface area (Å²) in [4.78, 5) is 42.0. The van der Waals surface area contributed by atoms with Crippen molar-refractivity contribution in [3.63, 3.8) is 0 Å². The number of imidazole rings is 2. The molecule has 4 aromatic heterocycles. The van der Waals surface area contributed by atoms with Gasteiger partial charge in [-0.2, -0.15) is 26.3 Å². The number of carboxylic acid groups (broad SMARTS) is 1. The van der Waals surface area contributed by atoms with Gasteiger partial charge in [0.1, 0.15) is 48.8 Å². The molecular weight excluding hydrogens is 951 g/mol. The van der Waals surface area contributed by atoms with Crippen molar-refractivity contribution >= 4 is 20.0 Å². The average molecular weight is 1010 g/mol. The highest BCUT2D eigenvalue weighted by Gasteiger charge is 2.36. The summed E-state index contributed by atoms with van der Waals surface area (Å²) in [7, 11) is 0.0117. The number of carbonyl (C=O) groups is 2. The Balaban J connectivity index is 0.000000272. The molecule has 0 fully saturated rings. The van der Waals surface area contributed by atoms with Crippen LogP contribution in [0, 0.1) is 10.8 Å². The van der Waals surface area contributed by atoms with Crippen molar-refractivity contribution in [2.75, 3.05) is 26.9 Å². The number of aromatic amines is 1. The number of aliphatic carboxylic acids is 1. The van der Waals surface area contributed by atoms with Crippen molar-refractivity contribution in [2.24, 2.45) is 10.8 Å². The van der Waals surface area contributed by atoms with Gasteiger partial charge >= 0.3 is 24.3 Å². The quantitative estimate of drug-likeness (QED) is 0.0343. The number of methoxy groups -OCH3 is 1. The van der Waals surface area contributed by atoms with Gasteiger partial charge in [0, 0.05) is 55.5 Å². The van der Waals surface area contributed by atoms with Gasteiger partial charge in [-0.25, -0.2) is 9.97 Å². The zero-order chi connectivity index (χ0) is 52.5. The molecule has 0 radical (unpaired) electrons. The molecule has 0 atom stereocenters. The number of aromatic nitrogens is 6. The molecular formula is C51H60F6N6O7Si. The first-order valence-corrected chi connectivity index (χ1v) is 26.5. The number of pyridine rings is 2. The molecule has 0 aliphatic heterocycles. The Bertz CT molecular complexity index is 2750. The van der Waals surface area contributed by atoms with Crippen LogP contribution in [0.2, 0.25) is 25.7 Å². The number of carboxylic acids is 1. The predicted molar refractivity (Wildman–Crippen MR) is 259 cm³/mol. The highest BCUT2D eigenvalue weighted by atomic mass is 28.3. The van der Waals surface area contributed by atoms with Gasteiger partial charge in [-0.3, -0.25) is 19.6 Å². The SMILES string of the molecule is CCc1cc(OCC(C)(C)C(=O)O)ccc1-c1ccc(-c2ncc(C(F)(F)F)[nH]2)cn1.CCc1cc(OCC(C)(C)C(=O)OC)ccc1-c1ccc(-c2nc(C(F)(F)F)cn2COCC[Si](C)(C)C)cn1. The average Bonchev–Trinajstić information content (AvgIpc) is 4.01. The van der Waals surface area contributed by atoms with Crippen LogP contribution in [0.4, 0.5) is 26.3 Å². The minimum absolute atomic E-state index is 0.0286. The molecule has 4 heterocycles. The van der Waals surface area contributed by atoms with E-state index in [1.807, 2.05) is 38.1 Å². The number of alkyl halides is 6. The third kappa shape index (κ3) is 15.0. The Morgan fingerprint density at radius 2 is 1.25 bits per heavy atom. The third-order valence-electron chi connectivity index (χ3n) is 11.2. The Morgan fingerprint density at radius 3 is 1.69 bits per heavy atom. The number of hydrogen-bond donors (Lipinski definition) is 2. The van der Waals surface area contributed by atoms with Gasteiger partial charge < -0.3 is 33.6 Å². The largest absolute Gasteiger partial charge is 0.492 e. The van der Waals surface area contributed by atoms with E-state index in [4.69, 9.17) is 18.9 Å². The number of carbonyl (C=O) groups excluding carboxylic acids is 1. The molecule has 71 heavy (non-hydrogen) atoms. The molecule has 6 aromatic rings. The molecule has 0 saturated carbocycles.